The summed E-state index contributed by atoms with van der Waals surface area (Å²) >= 11 is 0. The molecule has 1 fully saturated rings. The number of nitrogens with one attached hydrogen (secondary N) is 1. The van der Waals surface area contributed by atoms with Crippen LogP contribution >= 0.6 is 0 Å². The predicted molar refractivity (Wildman–Crippen MR) is 64.6 cm³/mol. The van der Waals surface area contributed by atoms with Gasteiger partial charge in [0.25, 0.3) is 0 Å². The summed E-state index contributed by atoms with van der Waals surface area (Å²) in [4.78, 5) is 25.0. The van der Waals surface area contributed by atoms with E-state index in [0.29, 0.717) is 6.61 Å². The smallest absolute Gasteiger partial charge is 0.325 e. The summed E-state index contributed by atoms with van der Waals surface area (Å²) in [6, 6.07) is 0.00908. The molecule has 1 N–H and O–H groups in total. The van der Waals surface area contributed by atoms with E-state index >= 15 is 0 Å². The molecule has 0 atom stereocenters. The molecule has 0 aromatic carbocycles. The number of carbonyl (C=O) groups is 2. The van der Waals surface area contributed by atoms with Gasteiger partial charge in [0.15, 0.2) is 0 Å². The molecule has 0 unspecified atom stereocenters. The molecule has 0 bridgehead atoms. The van der Waals surface area contributed by atoms with Crippen LogP contribution in [0.15, 0.2) is 0 Å². The summed E-state index contributed by atoms with van der Waals surface area (Å²) in [7, 11) is 0. The van der Waals surface area contributed by atoms with Crippen molar-refractivity contribution in [2.75, 3.05) is 13.2 Å². The Morgan fingerprint density at radius 2 is 1.94 bits per heavy atom. The zero-order valence-corrected chi connectivity index (χ0v) is 11.1. The topological polar surface area (TPSA) is 58.6 Å². The number of urea groups is 1. The number of hydrogen-bond donors (Lipinski definition) is 1. The van der Waals surface area contributed by atoms with E-state index in [1.807, 2.05) is 20.8 Å². The van der Waals surface area contributed by atoms with Crippen molar-refractivity contribution in [1.82, 2.24) is 10.2 Å². The molecule has 0 aliphatic heterocycles. The fraction of sp³-hybridized carbons (Fsp3) is 0.833. The molecular formula is C12H22N2O3. The van der Waals surface area contributed by atoms with E-state index in [9.17, 15) is 9.59 Å². The molecule has 1 aliphatic carbocycles. The molecule has 0 aromatic heterocycles. The van der Waals surface area contributed by atoms with Crippen LogP contribution in [0, 0.1) is 0 Å². The Bertz CT molecular complexity index is 293. The van der Waals surface area contributed by atoms with E-state index in [1.165, 1.54) is 0 Å². The first-order valence-electron chi connectivity index (χ1n) is 6.08. The number of ether oxygens (including phenoxy) is 1. The summed E-state index contributed by atoms with van der Waals surface area (Å²) in [5.41, 5.74) is -0.293. The summed E-state index contributed by atoms with van der Waals surface area (Å²) in [6.45, 7) is 7.90. The van der Waals surface area contributed by atoms with Crippen LogP contribution in [0.3, 0.4) is 0 Å². The molecule has 17 heavy (non-hydrogen) atoms. The van der Waals surface area contributed by atoms with Gasteiger partial charge in [0.1, 0.15) is 6.54 Å². The van der Waals surface area contributed by atoms with E-state index in [2.05, 4.69) is 5.32 Å². The minimum Gasteiger partial charge on any atom is -0.465 e. The quantitative estimate of drug-likeness (QED) is 0.760. The molecule has 0 saturated heterocycles. The number of nitrogens with zero attached hydrogens (tertiary/aromatic N) is 1. The highest BCUT2D eigenvalue weighted by atomic mass is 16.5. The van der Waals surface area contributed by atoms with Gasteiger partial charge in [-0.15, -0.1) is 0 Å². The Morgan fingerprint density at radius 3 is 2.35 bits per heavy atom. The van der Waals surface area contributed by atoms with E-state index in [1.54, 1.807) is 11.8 Å². The van der Waals surface area contributed by atoms with Crippen molar-refractivity contribution in [2.24, 2.45) is 0 Å². The Kier molecular flexibility index (Phi) is 4.37. The second-order valence-corrected chi connectivity index (χ2v) is 5.34. The van der Waals surface area contributed by atoms with E-state index in [0.717, 1.165) is 12.8 Å². The summed E-state index contributed by atoms with van der Waals surface area (Å²) < 4.78 is 4.87. The Labute approximate surface area is 102 Å². The second-order valence-electron chi connectivity index (χ2n) is 5.34. The SMILES string of the molecule is CCOC(=O)CN(C(=O)NC(C)(C)C)C1CC1. The Balaban J connectivity index is 2.53. The van der Waals surface area contributed by atoms with Gasteiger partial charge in [0, 0.05) is 11.6 Å². The van der Waals surface area contributed by atoms with Gasteiger partial charge in [-0.1, -0.05) is 0 Å². The van der Waals surface area contributed by atoms with Crippen molar-refractivity contribution >= 4 is 12.0 Å². The average Bonchev–Trinajstić information content (AvgIpc) is 2.94. The molecule has 2 amide bonds. The average molecular weight is 242 g/mol. The van der Waals surface area contributed by atoms with Crippen LogP contribution in [0.2, 0.25) is 0 Å². The maximum Gasteiger partial charge on any atom is 0.325 e. The second kappa shape index (κ2) is 5.38. The Morgan fingerprint density at radius 1 is 1.35 bits per heavy atom. The molecule has 5 nitrogen and oxygen atoms in total. The summed E-state index contributed by atoms with van der Waals surface area (Å²) in [5, 5.41) is 2.87. The van der Waals surface area contributed by atoms with Gasteiger partial charge in [-0.05, 0) is 40.5 Å². The fourth-order valence-corrected chi connectivity index (χ4v) is 1.49. The minimum atomic E-state index is -0.344. The van der Waals surface area contributed by atoms with Crippen molar-refractivity contribution < 1.29 is 14.3 Å². The minimum absolute atomic E-state index is 0.0421. The fourth-order valence-electron chi connectivity index (χ4n) is 1.49. The van der Waals surface area contributed by atoms with Crippen LogP contribution in [0.5, 0.6) is 0 Å². The van der Waals surface area contributed by atoms with E-state index < -0.39 is 0 Å². The van der Waals surface area contributed by atoms with Crippen molar-refractivity contribution in [3.63, 3.8) is 0 Å². The highest BCUT2D eigenvalue weighted by Gasteiger charge is 2.35. The highest BCUT2D eigenvalue weighted by Crippen LogP contribution is 2.27. The van der Waals surface area contributed by atoms with E-state index in [-0.39, 0.29) is 30.1 Å². The van der Waals surface area contributed by atoms with Crippen molar-refractivity contribution in [1.29, 1.82) is 0 Å². The van der Waals surface area contributed by atoms with Crippen LogP contribution in [-0.4, -0.2) is 41.6 Å². The first-order chi connectivity index (χ1) is 7.83. The third kappa shape index (κ3) is 5.06. The van der Waals surface area contributed by atoms with Gasteiger partial charge < -0.3 is 15.0 Å². The number of rotatable bonds is 4. The molecule has 1 saturated carbocycles. The molecule has 0 heterocycles. The lowest BCUT2D eigenvalue weighted by Crippen LogP contribution is -2.50. The molecule has 0 spiro atoms. The van der Waals surface area contributed by atoms with Crippen molar-refractivity contribution in [3.05, 3.63) is 0 Å². The first kappa shape index (κ1) is 13.8. The van der Waals surface area contributed by atoms with Gasteiger partial charge >= 0.3 is 12.0 Å². The number of carbonyl (C=O) groups excluding carboxylic acids is 2. The van der Waals surface area contributed by atoms with Crippen LogP contribution in [-0.2, 0) is 9.53 Å². The van der Waals surface area contributed by atoms with Crippen LogP contribution < -0.4 is 5.32 Å². The van der Waals surface area contributed by atoms with Gasteiger partial charge in [-0.25, -0.2) is 4.79 Å². The largest absolute Gasteiger partial charge is 0.465 e. The lowest BCUT2D eigenvalue weighted by atomic mass is 10.1. The van der Waals surface area contributed by atoms with Crippen molar-refractivity contribution in [2.45, 2.75) is 52.1 Å². The number of amides is 2. The van der Waals surface area contributed by atoms with Crippen LogP contribution in [0.4, 0.5) is 4.79 Å². The van der Waals surface area contributed by atoms with Gasteiger partial charge in [0.05, 0.1) is 6.61 Å². The van der Waals surface area contributed by atoms with Gasteiger partial charge in [-0.3, -0.25) is 4.79 Å². The van der Waals surface area contributed by atoms with E-state index in [4.69, 9.17) is 4.74 Å². The summed E-state index contributed by atoms with van der Waals surface area (Å²) in [5.74, 6) is -0.344. The molecule has 5 heteroatoms. The molecule has 98 valence electrons. The number of hydrogen-bond acceptors (Lipinski definition) is 3. The van der Waals surface area contributed by atoms with Crippen molar-refractivity contribution in [3.8, 4) is 0 Å². The molecule has 0 radical (unpaired) electrons. The zero-order valence-electron chi connectivity index (χ0n) is 11.1. The predicted octanol–water partition coefficient (Wildman–Crippen LogP) is 1.52. The lowest BCUT2D eigenvalue weighted by molar-refractivity contribution is -0.143. The highest BCUT2D eigenvalue weighted by molar-refractivity contribution is 5.81. The van der Waals surface area contributed by atoms with Gasteiger partial charge in [-0.2, -0.15) is 0 Å². The molecule has 1 aliphatic rings. The summed E-state index contributed by atoms with van der Waals surface area (Å²) in [6.07, 6.45) is 1.94. The maximum atomic E-state index is 12.0. The monoisotopic (exact) mass is 242 g/mol. The first-order valence-corrected chi connectivity index (χ1v) is 6.08. The van der Waals surface area contributed by atoms with Crippen LogP contribution in [0.25, 0.3) is 0 Å². The molecule has 0 aromatic rings. The van der Waals surface area contributed by atoms with Crippen LogP contribution in [0.1, 0.15) is 40.5 Å². The maximum absolute atomic E-state index is 12.0. The van der Waals surface area contributed by atoms with Gasteiger partial charge in [0.2, 0.25) is 0 Å². The number of esters is 1. The normalized spacial score (nSPS) is 15.3. The standard InChI is InChI=1S/C12H22N2O3/c1-5-17-10(15)8-14(9-6-7-9)11(16)13-12(2,3)4/h9H,5-8H2,1-4H3,(H,13,16). The zero-order chi connectivity index (χ0) is 13.1. The molecule has 1 rings (SSSR count). The third-order valence-corrected chi connectivity index (χ3v) is 2.34. The Hall–Kier alpha value is -1.26. The lowest BCUT2D eigenvalue weighted by Gasteiger charge is -2.27. The molecular weight excluding hydrogens is 220 g/mol. The third-order valence-electron chi connectivity index (χ3n) is 2.34.